The zero-order valence-electron chi connectivity index (χ0n) is 10.3. The molecule has 18 heavy (non-hydrogen) atoms. The van der Waals surface area contributed by atoms with Gasteiger partial charge in [-0.25, -0.2) is 4.98 Å². The third-order valence-corrected chi connectivity index (χ3v) is 4.01. The minimum Gasteiger partial charge on any atom is -0.352 e. The number of carbonyl (C=O) groups is 1. The van der Waals surface area contributed by atoms with Gasteiger partial charge in [0.25, 0.3) is 5.56 Å². The maximum Gasteiger partial charge on any atom is 0.251 e. The fourth-order valence-electron chi connectivity index (χ4n) is 2.02. The highest BCUT2D eigenvalue weighted by Gasteiger charge is 2.21. The Balaban J connectivity index is 1.88. The molecule has 0 spiro atoms. The molecule has 0 saturated heterocycles. The maximum atomic E-state index is 11.9. The van der Waals surface area contributed by atoms with Crippen molar-refractivity contribution in [2.24, 2.45) is 0 Å². The molecule has 0 aliphatic heterocycles. The Morgan fingerprint density at radius 2 is 2.28 bits per heavy atom. The van der Waals surface area contributed by atoms with Crippen LogP contribution in [-0.4, -0.2) is 27.2 Å². The Bertz CT molecular complexity index is 468. The van der Waals surface area contributed by atoms with Crippen molar-refractivity contribution in [2.75, 3.05) is 0 Å². The molecular weight excluding hydrogens is 250 g/mol. The van der Waals surface area contributed by atoms with Gasteiger partial charge in [0.05, 0.1) is 5.25 Å². The van der Waals surface area contributed by atoms with Gasteiger partial charge in [0.15, 0.2) is 5.16 Å². The van der Waals surface area contributed by atoms with Crippen LogP contribution in [0.15, 0.2) is 22.2 Å². The minimum absolute atomic E-state index is 0.0124. The second kappa shape index (κ2) is 6.04. The smallest absolute Gasteiger partial charge is 0.251 e. The van der Waals surface area contributed by atoms with Crippen molar-refractivity contribution < 1.29 is 4.79 Å². The van der Waals surface area contributed by atoms with Gasteiger partial charge in [-0.3, -0.25) is 9.59 Å². The number of nitrogens with zero attached hydrogens (tertiary/aromatic N) is 1. The first-order chi connectivity index (χ1) is 8.65. The Morgan fingerprint density at radius 3 is 2.94 bits per heavy atom. The average Bonchev–Trinajstić information content (AvgIpc) is 2.81. The third-order valence-electron chi connectivity index (χ3n) is 3.01. The number of H-pyrrole nitrogens is 1. The average molecular weight is 267 g/mol. The van der Waals surface area contributed by atoms with Gasteiger partial charge in [-0.15, -0.1) is 0 Å². The van der Waals surface area contributed by atoms with Crippen LogP contribution in [0.25, 0.3) is 0 Å². The first-order valence-electron chi connectivity index (χ1n) is 6.17. The molecule has 2 N–H and O–H groups in total. The molecule has 98 valence electrons. The number of aromatic nitrogens is 2. The maximum absolute atomic E-state index is 11.9. The Labute approximate surface area is 110 Å². The van der Waals surface area contributed by atoms with Gasteiger partial charge < -0.3 is 10.3 Å². The molecule has 1 fully saturated rings. The lowest BCUT2D eigenvalue weighted by atomic mass is 10.2. The van der Waals surface area contributed by atoms with E-state index in [9.17, 15) is 9.59 Å². The molecule has 1 unspecified atom stereocenters. The van der Waals surface area contributed by atoms with Crippen LogP contribution in [0.5, 0.6) is 0 Å². The summed E-state index contributed by atoms with van der Waals surface area (Å²) in [7, 11) is 0. The van der Waals surface area contributed by atoms with E-state index in [2.05, 4.69) is 15.3 Å². The van der Waals surface area contributed by atoms with Crippen molar-refractivity contribution in [3.05, 3.63) is 22.6 Å². The quantitative estimate of drug-likeness (QED) is 0.637. The topological polar surface area (TPSA) is 74.8 Å². The number of nitrogens with one attached hydrogen (secondary N) is 2. The van der Waals surface area contributed by atoms with E-state index in [1.807, 2.05) is 6.92 Å². The van der Waals surface area contributed by atoms with Crippen LogP contribution < -0.4 is 10.9 Å². The molecule has 6 heteroatoms. The fraction of sp³-hybridized carbons (Fsp3) is 0.583. The normalized spacial score (nSPS) is 17.6. The van der Waals surface area contributed by atoms with Gasteiger partial charge in [0, 0.05) is 18.3 Å². The largest absolute Gasteiger partial charge is 0.352 e. The SMILES string of the molecule is CC(Sc1nccc(=O)[nH]1)C(=O)NC1CCCC1. The summed E-state index contributed by atoms with van der Waals surface area (Å²) in [6.45, 7) is 1.82. The molecule has 0 bridgehead atoms. The van der Waals surface area contributed by atoms with Crippen LogP contribution >= 0.6 is 11.8 Å². The Kier molecular flexibility index (Phi) is 4.41. The highest BCUT2D eigenvalue weighted by molar-refractivity contribution is 8.00. The molecule has 1 atom stereocenters. The predicted octanol–water partition coefficient (Wildman–Crippen LogP) is 1.31. The lowest BCUT2D eigenvalue weighted by Crippen LogP contribution is -2.37. The van der Waals surface area contributed by atoms with Crippen LogP contribution in [0.1, 0.15) is 32.6 Å². The zero-order valence-corrected chi connectivity index (χ0v) is 11.1. The molecule has 1 aromatic heterocycles. The highest BCUT2D eigenvalue weighted by Crippen LogP contribution is 2.21. The van der Waals surface area contributed by atoms with Gasteiger partial charge in [-0.05, 0) is 19.8 Å². The van der Waals surface area contributed by atoms with Crippen LogP contribution in [0.2, 0.25) is 0 Å². The molecular formula is C12H17N3O2S. The van der Waals surface area contributed by atoms with E-state index in [0.717, 1.165) is 12.8 Å². The Hall–Kier alpha value is -1.30. The van der Waals surface area contributed by atoms with E-state index in [1.165, 1.54) is 36.9 Å². The molecule has 1 aromatic rings. The van der Waals surface area contributed by atoms with Gasteiger partial charge >= 0.3 is 0 Å². The predicted molar refractivity (Wildman–Crippen MR) is 70.6 cm³/mol. The van der Waals surface area contributed by atoms with E-state index in [4.69, 9.17) is 0 Å². The Morgan fingerprint density at radius 1 is 1.56 bits per heavy atom. The zero-order chi connectivity index (χ0) is 13.0. The van der Waals surface area contributed by atoms with Crippen molar-refractivity contribution in [3.63, 3.8) is 0 Å². The number of rotatable bonds is 4. The number of amides is 1. The van der Waals surface area contributed by atoms with Crippen LogP contribution in [0.4, 0.5) is 0 Å². The molecule has 1 aliphatic carbocycles. The van der Waals surface area contributed by atoms with E-state index < -0.39 is 0 Å². The standard InChI is InChI=1S/C12H17N3O2S/c1-8(11(17)14-9-4-2-3-5-9)18-12-13-7-6-10(16)15-12/h6-9H,2-5H2,1H3,(H,14,17)(H,13,15,16). The summed E-state index contributed by atoms with van der Waals surface area (Å²) in [6, 6.07) is 1.68. The van der Waals surface area contributed by atoms with E-state index in [-0.39, 0.29) is 16.7 Å². The van der Waals surface area contributed by atoms with Crippen LogP contribution in [0.3, 0.4) is 0 Å². The van der Waals surface area contributed by atoms with Gasteiger partial charge in [0.1, 0.15) is 0 Å². The fourth-order valence-corrected chi connectivity index (χ4v) is 2.81. The summed E-state index contributed by atoms with van der Waals surface area (Å²) in [5, 5.41) is 3.26. The molecule has 5 nitrogen and oxygen atoms in total. The summed E-state index contributed by atoms with van der Waals surface area (Å²) in [5.74, 6) is 0.0124. The molecule has 1 saturated carbocycles. The summed E-state index contributed by atoms with van der Waals surface area (Å²) < 4.78 is 0. The number of aromatic amines is 1. The monoisotopic (exact) mass is 267 g/mol. The summed E-state index contributed by atoms with van der Waals surface area (Å²) in [5.41, 5.74) is -0.198. The second-order valence-corrected chi connectivity index (χ2v) is 5.82. The number of thioether (sulfide) groups is 1. The third kappa shape index (κ3) is 3.60. The lowest BCUT2D eigenvalue weighted by Gasteiger charge is -2.15. The molecule has 0 aromatic carbocycles. The highest BCUT2D eigenvalue weighted by atomic mass is 32.2. The number of hydrogen-bond acceptors (Lipinski definition) is 4. The summed E-state index contributed by atoms with van der Waals surface area (Å²) in [6.07, 6.45) is 5.98. The number of hydrogen-bond donors (Lipinski definition) is 2. The van der Waals surface area contributed by atoms with E-state index >= 15 is 0 Å². The van der Waals surface area contributed by atoms with E-state index in [0.29, 0.717) is 11.2 Å². The van der Waals surface area contributed by atoms with Crippen LogP contribution in [-0.2, 0) is 4.79 Å². The van der Waals surface area contributed by atoms with Crippen LogP contribution in [0, 0.1) is 0 Å². The van der Waals surface area contributed by atoms with Crippen molar-refractivity contribution in [2.45, 2.75) is 49.1 Å². The lowest BCUT2D eigenvalue weighted by molar-refractivity contribution is -0.120. The minimum atomic E-state index is -0.254. The van der Waals surface area contributed by atoms with Gasteiger partial charge in [-0.2, -0.15) is 0 Å². The van der Waals surface area contributed by atoms with Crippen molar-refractivity contribution in [3.8, 4) is 0 Å². The second-order valence-electron chi connectivity index (χ2n) is 4.49. The molecule has 1 aliphatic rings. The van der Waals surface area contributed by atoms with E-state index in [1.54, 1.807) is 0 Å². The van der Waals surface area contributed by atoms with Crippen molar-refractivity contribution >= 4 is 17.7 Å². The summed E-state index contributed by atoms with van der Waals surface area (Å²) >= 11 is 1.27. The molecule has 1 heterocycles. The first kappa shape index (κ1) is 13.1. The van der Waals surface area contributed by atoms with Gasteiger partial charge in [-0.1, -0.05) is 24.6 Å². The van der Waals surface area contributed by atoms with Crippen molar-refractivity contribution in [1.82, 2.24) is 15.3 Å². The van der Waals surface area contributed by atoms with Crippen molar-refractivity contribution in [1.29, 1.82) is 0 Å². The molecule has 0 radical (unpaired) electrons. The molecule has 1 amide bonds. The first-order valence-corrected chi connectivity index (χ1v) is 7.05. The van der Waals surface area contributed by atoms with Gasteiger partial charge in [0.2, 0.25) is 5.91 Å². The number of carbonyl (C=O) groups excluding carboxylic acids is 1. The molecule has 2 rings (SSSR count). The summed E-state index contributed by atoms with van der Waals surface area (Å²) in [4.78, 5) is 29.7.